The lowest BCUT2D eigenvalue weighted by molar-refractivity contribution is -0.150. The minimum absolute atomic E-state index is 0.0464. The van der Waals surface area contributed by atoms with Gasteiger partial charge in [-0.1, -0.05) is 12.1 Å². The molecule has 2 rings (SSSR count). The number of ketones is 1. The van der Waals surface area contributed by atoms with E-state index in [4.69, 9.17) is 20.5 Å². The van der Waals surface area contributed by atoms with Crippen LogP contribution in [0, 0.1) is 11.3 Å². The molecule has 0 saturated carbocycles. The number of anilines is 1. The SMILES string of the molecule is C/C(N)=C(/C#N)C(=O)COC(=O)CC1Oc2ccccc2NC1=O. The van der Waals surface area contributed by atoms with Gasteiger partial charge < -0.3 is 20.5 Å². The van der Waals surface area contributed by atoms with Crippen molar-refractivity contribution in [1.82, 2.24) is 0 Å². The van der Waals surface area contributed by atoms with Gasteiger partial charge in [-0.2, -0.15) is 5.26 Å². The minimum Gasteiger partial charge on any atom is -0.478 e. The van der Waals surface area contributed by atoms with Crippen LogP contribution < -0.4 is 15.8 Å². The Morgan fingerprint density at radius 3 is 2.79 bits per heavy atom. The Bertz CT molecular complexity index is 759. The summed E-state index contributed by atoms with van der Waals surface area (Å²) in [5.74, 6) is -1.54. The number of carbonyl (C=O) groups excluding carboxylic acids is 3. The molecule has 0 fully saturated rings. The van der Waals surface area contributed by atoms with Crippen LogP contribution in [-0.4, -0.2) is 30.4 Å². The first-order chi connectivity index (χ1) is 11.4. The number of nitrogens with one attached hydrogen (secondary N) is 1. The molecule has 1 aromatic rings. The van der Waals surface area contributed by atoms with Crippen LogP contribution in [0.15, 0.2) is 35.5 Å². The normalized spacial score (nSPS) is 16.7. The molecule has 3 N–H and O–H groups in total. The summed E-state index contributed by atoms with van der Waals surface area (Å²) in [7, 11) is 0. The molecule has 0 spiro atoms. The number of esters is 1. The maximum Gasteiger partial charge on any atom is 0.310 e. The summed E-state index contributed by atoms with van der Waals surface area (Å²) in [6.07, 6.45) is -1.41. The van der Waals surface area contributed by atoms with Crippen LogP contribution in [0.3, 0.4) is 0 Å². The molecule has 0 aromatic heterocycles. The van der Waals surface area contributed by atoms with Gasteiger partial charge in [0, 0.05) is 5.70 Å². The number of nitriles is 1. The van der Waals surface area contributed by atoms with Crippen molar-refractivity contribution in [2.45, 2.75) is 19.4 Å². The fourth-order valence-corrected chi connectivity index (χ4v) is 2.03. The van der Waals surface area contributed by atoms with Gasteiger partial charge in [-0.05, 0) is 19.1 Å². The Morgan fingerprint density at radius 2 is 2.12 bits per heavy atom. The van der Waals surface area contributed by atoms with Gasteiger partial charge in [0.25, 0.3) is 5.91 Å². The maximum atomic E-state index is 11.9. The topological polar surface area (TPSA) is 132 Å². The van der Waals surface area contributed by atoms with E-state index in [0.29, 0.717) is 11.4 Å². The summed E-state index contributed by atoms with van der Waals surface area (Å²) in [5, 5.41) is 11.4. The van der Waals surface area contributed by atoms with Gasteiger partial charge >= 0.3 is 5.97 Å². The number of hydrogen-bond acceptors (Lipinski definition) is 7. The van der Waals surface area contributed by atoms with E-state index in [1.54, 1.807) is 30.3 Å². The predicted molar refractivity (Wildman–Crippen MR) is 82.6 cm³/mol. The van der Waals surface area contributed by atoms with E-state index in [1.807, 2.05) is 0 Å². The first-order valence-electron chi connectivity index (χ1n) is 7.04. The van der Waals surface area contributed by atoms with Gasteiger partial charge in [0.15, 0.2) is 12.7 Å². The molecule has 1 aromatic carbocycles. The van der Waals surface area contributed by atoms with Crippen molar-refractivity contribution >= 4 is 23.3 Å². The number of rotatable bonds is 5. The zero-order valence-corrected chi connectivity index (χ0v) is 12.9. The third-order valence-electron chi connectivity index (χ3n) is 3.21. The maximum absolute atomic E-state index is 11.9. The number of para-hydroxylation sites is 2. The third-order valence-corrected chi connectivity index (χ3v) is 3.21. The number of ether oxygens (including phenoxy) is 2. The summed E-state index contributed by atoms with van der Waals surface area (Å²) < 4.78 is 10.2. The van der Waals surface area contributed by atoms with Crippen molar-refractivity contribution in [3.05, 3.63) is 35.5 Å². The van der Waals surface area contributed by atoms with Crippen LogP contribution >= 0.6 is 0 Å². The van der Waals surface area contributed by atoms with Crippen LogP contribution in [-0.2, 0) is 19.1 Å². The van der Waals surface area contributed by atoms with E-state index in [9.17, 15) is 14.4 Å². The average molecular weight is 329 g/mol. The molecule has 0 radical (unpaired) electrons. The van der Waals surface area contributed by atoms with Gasteiger partial charge in [-0.15, -0.1) is 0 Å². The van der Waals surface area contributed by atoms with Gasteiger partial charge in [-0.25, -0.2) is 0 Å². The summed E-state index contributed by atoms with van der Waals surface area (Å²) >= 11 is 0. The molecular formula is C16H15N3O5. The number of nitrogens with zero attached hydrogens (tertiary/aromatic N) is 1. The van der Waals surface area contributed by atoms with Crippen molar-refractivity contribution in [1.29, 1.82) is 5.26 Å². The second-order valence-corrected chi connectivity index (χ2v) is 5.05. The lowest BCUT2D eigenvalue weighted by Gasteiger charge is -2.25. The van der Waals surface area contributed by atoms with Gasteiger partial charge in [0.05, 0.1) is 12.1 Å². The molecule has 1 aliphatic rings. The van der Waals surface area contributed by atoms with Crippen LogP contribution in [0.25, 0.3) is 0 Å². The number of hydrogen-bond donors (Lipinski definition) is 2. The van der Waals surface area contributed by atoms with Crippen molar-refractivity contribution in [3.63, 3.8) is 0 Å². The monoisotopic (exact) mass is 329 g/mol. The quantitative estimate of drug-likeness (QED) is 0.460. The molecule has 1 atom stereocenters. The van der Waals surface area contributed by atoms with Crippen molar-refractivity contribution in [3.8, 4) is 11.8 Å². The van der Waals surface area contributed by atoms with Crippen molar-refractivity contribution < 1.29 is 23.9 Å². The zero-order chi connectivity index (χ0) is 17.7. The Hall–Kier alpha value is -3.34. The number of Topliss-reactive ketones (excluding diaryl/α,β-unsaturated/α-hetero) is 1. The Balaban J connectivity index is 1.92. The standard InChI is InChI=1S/C16H15N3O5/c1-9(18)10(7-17)12(20)8-23-15(21)6-14-16(22)19-11-4-2-3-5-13(11)24-14/h2-5,14H,6,8,18H2,1H3,(H,19,22)/b10-9+. The fraction of sp³-hybridized carbons (Fsp3) is 0.250. The lowest BCUT2D eigenvalue weighted by atomic mass is 10.1. The molecule has 8 nitrogen and oxygen atoms in total. The molecule has 24 heavy (non-hydrogen) atoms. The van der Waals surface area contributed by atoms with Crippen molar-refractivity contribution in [2.24, 2.45) is 5.73 Å². The van der Waals surface area contributed by atoms with Gasteiger partial charge in [0.2, 0.25) is 5.78 Å². The smallest absolute Gasteiger partial charge is 0.310 e. The number of nitrogens with two attached hydrogens (primary N) is 1. The zero-order valence-electron chi connectivity index (χ0n) is 12.9. The Labute approximate surface area is 137 Å². The molecular weight excluding hydrogens is 314 g/mol. The molecule has 1 unspecified atom stereocenters. The number of allylic oxidation sites excluding steroid dienone is 1. The summed E-state index contributed by atoms with van der Waals surface area (Å²) in [5.41, 5.74) is 5.69. The molecule has 0 saturated heterocycles. The predicted octanol–water partition coefficient (Wildman–Crippen LogP) is 0.645. The minimum atomic E-state index is -1.05. The summed E-state index contributed by atoms with van der Waals surface area (Å²) in [4.78, 5) is 35.4. The highest BCUT2D eigenvalue weighted by atomic mass is 16.5. The van der Waals surface area contributed by atoms with E-state index in [0.717, 1.165) is 0 Å². The third kappa shape index (κ3) is 3.89. The Kier molecular flexibility index (Phi) is 5.16. The molecule has 124 valence electrons. The highest BCUT2D eigenvalue weighted by Crippen LogP contribution is 2.29. The van der Waals surface area contributed by atoms with Crippen LogP contribution in [0.2, 0.25) is 0 Å². The van der Waals surface area contributed by atoms with E-state index in [2.05, 4.69) is 5.32 Å². The molecule has 8 heteroatoms. The fourth-order valence-electron chi connectivity index (χ4n) is 2.03. The van der Waals surface area contributed by atoms with E-state index < -0.39 is 30.4 Å². The van der Waals surface area contributed by atoms with Gasteiger partial charge in [0.1, 0.15) is 17.4 Å². The molecule has 1 aliphatic heterocycles. The summed E-state index contributed by atoms with van der Waals surface area (Å²) in [6, 6.07) is 8.45. The van der Waals surface area contributed by atoms with E-state index in [1.165, 1.54) is 6.92 Å². The largest absolute Gasteiger partial charge is 0.478 e. The number of fused-ring (bicyclic) bond motifs is 1. The first-order valence-corrected chi connectivity index (χ1v) is 7.04. The lowest BCUT2D eigenvalue weighted by Crippen LogP contribution is -2.39. The van der Waals surface area contributed by atoms with Gasteiger partial charge in [-0.3, -0.25) is 14.4 Å². The number of carbonyl (C=O) groups is 3. The first kappa shape index (κ1) is 17.0. The summed E-state index contributed by atoms with van der Waals surface area (Å²) in [6.45, 7) is 0.775. The number of benzene rings is 1. The highest BCUT2D eigenvalue weighted by molar-refractivity contribution is 6.02. The Morgan fingerprint density at radius 1 is 1.42 bits per heavy atom. The van der Waals surface area contributed by atoms with E-state index >= 15 is 0 Å². The van der Waals surface area contributed by atoms with E-state index in [-0.39, 0.29) is 17.7 Å². The molecule has 0 aliphatic carbocycles. The second kappa shape index (κ2) is 7.28. The average Bonchev–Trinajstić information content (AvgIpc) is 2.54. The molecule has 1 heterocycles. The van der Waals surface area contributed by atoms with Crippen LogP contribution in [0.4, 0.5) is 5.69 Å². The van der Waals surface area contributed by atoms with Crippen LogP contribution in [0.1, 0.15) is 13.3 Å². The van der Waals surface area contributed by atoms with Crippen LogP contribution in [0.5, 0.6) is 5.75 Å². The molecule has 0 bridgehead atoms. The highest BCUT2D eigenvalue weighted by Gasteiger charge is 2.30. The second-order valence-electron chi connectivity index (χ2n) is 5.05. The van der Waals surface area contributed by atoms with Crippen molar-refractivity contribution in [2.75, 3.05) is 11.9 Å². The molecule has 1 amide bonds. The number of amides is 1.